The predicted octanol–water partition coefficient (Wildman–Crippen LogP) is 2.66. The Morgan fingerprint density at radius 2 is 2.10 bits per heavy atom. The fraction of sp³-hybridized carbons (Fsp3) is 0.562. The summed E-state index contributed by atoms with van der Waals surface area (Å²) in [5, 5.41) is 2.86. The number of aryl methyl sites for hydroxylation is 1. The lowest BCUT2D eigenvalue weighted by Gasteiger charge is -2.22. The molecule has 0 radical (unpaired) electrons. The highest BCUT2D eigenvalue weighted by Crippen LogP contribution is 2.20. The van der Waals surface area contributed by atoms with Crippen LogP contribution in [-0.2, 0) is 4.74 Å². The molecular weight excluding hydrogens is 252 g/mol. The number of nitrogens with two attached hydrogens (primary N) is 1. The van der Waals surface area contributed by atoms with E-state index < -0.39 is 0 Å². The second-order valence-electron chi connectivity index (χ2n) is 5.42. The summed E-state index contributed by atoms with van der Waals surface area (Å²) in [5.41, 5.74) is 7.94. The number of ether oxygens (including phenoxy) is 1. The quantitative estimate of drug-likeness (QED) is 0.642. The number of nitrogen functional groups attached to an aromatic ring is 1. The molecule has 0 spiro atoms. The number of hydrogen-bond donors (Lipinski definition) is 2. The lowest BCUT2D eigenvalue weighted by atomic mass is 9.98. The van der Waals surface area contributed by atoms with Gasteiger partial charge in [-0.1, -0.05) is 31.4 Å². The van der Waals surface area contributed by atoms with Gasteiger partial charge >= 0.3 is 0 Å². The van der Waals surface area contributed by atoms with Crippen LogP contribution in [0.15, 0.2) is 18.2 Å². The summed E-state index contributed by atoms with van der Waals surface area (Å²) in [7, 11) is 0. The number of anilines is 1. The standard InChI is InChI=1S/C16H24N2O2/c1-12-6-5-9-14(15(12)17)16(19)18-10-11-20-13-7-3-2-4-8-13/h5-6,9,13H,2-4,7-8,10-11,17H2,1H3,(H,18,19). The van der Waals surface area contributed by atoms with E-state index in [4.69, 9.17) is 10.5 Å². The minimum atomic E-state index is -0.126. The van der Waals surface area contributed by atoms with E-state index in [0.29, 0.717) is 30.5 Å². The lowest BCUT2D eigenvalue weighted by molar-refractivity contribution is 0.0299. The van der Waals surface area contributed by atoms with Crippen molar-refractivity contribution in [3.8, 4) is 0 Å². The third-order valence-corrected chi connectivity index (χ3v) is 3.86. The summed E-state index contributed by atoms with van der Waals surface area (Å²) in [6, 6.07) is 5.50. The fourth-order valence-electron chi connectivity index (χ4n) is 2.60. The fourth-order valence-corrected chi connectivity index (χ4v) is 2.60. The summed E-state index contributed by atoms with van der Waals surface area (Å²) in [4.78, 5) is 12.0. The molecule has 1 aromatic rings. The average Bonchev–Trinajstić information content (AvgIpc) is 2.47. The van der Waals surface area contributed by atoms with Crippen LogP contribution < -0.4 is 11.1 Å². The first-order valence-electron chi connectivity index (χ1n) is 7.43. The first-order chi connectivity index (χ1) is 9.68. The van der Waals surface area contributed by atoms with E-state index in [1.165, 1.54) is 19.3 Å². The smallest absolute Gasteiger partial charge is 0.253 e. The van der Waals surface area contributed by atoms with Gasteiger partial charge in [-0.15, -0.1) is 0 Å². The number of nitrogens with one attached hydrogen (secondary N) is 1. The molecule has 0 bridgehead atoms. The molecular formula is C16H24N2O2. The van der Waals surface area contributed by atoms with E-state index >= 15 is 0 Å². The van der Waals surface area contributed by atoms with E-state index in [-0.39, 0.29) is 5.91 Å². The highest BCUT2D eigenvalue weighted by Gasteiger charge is 2.14. The highest BCUT2D eigenvalue weighted by molar-refractivity contribution is 5.99. The summed E-state index contributed by atoms with van der Waals surface area (Å²) in [6.07, 6.45) is 6.53. The van der Waals surface area contributed by atoms with Crippen molar-refractivity contribution in [1.82, 2.24) is 5.32 Å². The van der Waals surface area contributed by atoms with Crippen molar-refractivity contribution >= 4 is 11.6 Å². The van der Waals surface area contributed by atoms with Crippen LogP contribution in [0.2, 0.25) is 0 Å². The van der Waals surface area contributed by atoms with Crippen molar-refractivity contribution in [2.75, 3.05) is 18.9 Å². The maximum Gasteiger partial charge on any atom is 0.253 e. The normalized spacial score (nSPS) is 16.1. The van der Waals surface area contributed by atoms with Crippen molar-refractivity contribution in [3.63, 3.8) is 0 Å². The molecule has 1 aromatic carbocycles. The molecule has 1 saturated carbocycles. The van der Waals surface area contributed by atoms with Gasteiger partial charge in [0.25, 0.3) is 5.91 Å². The Hall–Kier alpha value is -1.55. The second kappa shape index (κ2) is 7.29. The molecule has 0 saturated heterocycles. The van der Waals surface area contributed by atoms with Gasteiger partial charge in [-0.2, -0.15) is 0 Å². The summed E-state index contributed by atoms with van der Waals surface area (Å²) < 4.78 is 5.78. The zero-order chi connectivity index (χ0) is 14.4. The summed E-state index contributed by atoms with van der Waals surface area (Å²) in [6.45, 7) is 3.00. The van der Waals surface area contributed by atoms with Gasteiger partial charge in [0.05, 0.1) is 18.3 Å². The van der Waals surface area contributed by atoms with Gasteiger partial charge in [-0.05, 0) is 31.4 Å². The number of para-hydroxylation sites is 1. The van der Waals surface area contributed by atoms with Crippen LogP contribution in [0.1, 0.15) is 48.0 Å². The molecule has 0 atom stereocenters. The van der Waals surface area contributed by atoms with Crippen LogP contribution in [0.25, 0.3) is 0 Å². The molecule has 0 aromatic heterocycles. The van der Waals surface area contributed by atoms with E-state index in [2.05, 4.69) is 5.32 Å². The van der Waals surface area contributed by atoms with E-state index in [1.54, 1.807) is 6.07 Å². The van der Waals surface area contributed by atoms with E-state index in [0.717, 1.165) is 18.4 Å². The lowest BCUT2D eigenvalue weighted by Crippen LogP contribution is -2.30. The Morgan fingerprint density at radius 3 is 2.85 bits per heavy atom. The molecule has 1 fully saturated rings. The van der Waals surface area contributed by atoms with Gasteiger partial charge in [0.1, 0.15) is 0 Å². The van der Waals surface area contributed by atoms with Gasteiger partial charge < -0.3 is 15.8 Å². The topological polar surface area (TPSA) is 64.3 Å². The Labute approximate surface area is 120 Å². The SMILES string of the molecule is Cc1cccc(C(=O)NCCOC2CCCCC2)c1N. The molecule has 4 nitrogen and oxygen atoms in total. The maximum atomic E-state index is 12.0. The van der Waals surface area contributed by atoms with Gasteiger partial charge in [0.15, 0.2) is 0 Å². The summed E-state index contributed by atoms with van der Waals surface area (Å²) in [5.74, 6) is -0.126. The molecule has 0 aliphatic heterocycles. The van der Waals surface area contributed by atoms with Gasteiger partial charge in [0, 0.05) is 12.2 Å². The number of amides is 1. The Bertz CT molecular complexity index is 454. The number of carbonyl (C=O) groups is 1. The van der Waals surface area contributed by atoms with Crippen molar-refractivity contribution in [2.45, 2.75) is 45.1 Å². The van der Waals surface area contributed by atoms with Crippen molar-refractivity contribution < 1.29 is 9.53 Å². The number of hydrogen-bond acceptors (Lipinski definition) is 3. The van der Waals surface area contributed by atoms with Crippen LogP contribution in [-0.4, -0.2) is 25.2 Å². The first kappa shape index (κ1) is 14.9. The second-order valence-corrected chi connectivity index (χ2v) is 5.42. The van der Waals surface area contributed by atoms with E-state index in [1.807, 2.05) is 19.1 Å². The molecule has 0 heterocycles. The van der Waals surface area contributed by atoms with Crippen LogP contribution in [0, 0.1) is 6.92 Å². The van der Waals surface area contributed by atoms with Crippen molar-refractivity contribution in [1.29, 1.82) is 0 Å². The molecule has 2 rings (SSSR count). The van der Waals surface area contributed by atoms with Crippen LogP contribution in [0.5, 0.6) is 0 Å². The summed E-state index contributed by atoms with van der Waals surface area (Å²) >= 11 is 0. The van der Waals surface area contributed by atoms with Gasteiger partial charge in [0.2, 0.25) is 0 Å². The third-order valence-electron chi connectivity index (χ3n) is 3.86. The molecule has 1 aliphatic rings. The van der Waals surface area contributed by atoms with Gasteiger partial charge in [-0.3, -0.25) is 4.79 Å². The molecule has 20 heavy (non-hydrogen) atoms. The molecule has 1 amide bonds. The zero-order valence-corrected chi connectivity index (χ0v) is 12.2. The molecule has 4 heteroatoms. The minimum absolute atomic E-state index is 0.126. The number of rotatable bonds is 5. The van der Waals surface area contributed by atoms with Crippen molar-refractivity contribution in [3.05, 3.63) is 29.3 Å². The first-order valence-corrected chi connectivity index (χ1v) is 7.43. The third kappa shape index (κ3) is 3.97. The van der Waals surface area contributed by atoms with Gasteiger partial charge in [-0.25, -0.2) is 0 Å². The molecule has 1 aliphatic carbocycles. The van der Waals surface area contributed by atoms with Crippen molar-refractivity contribution in [2.24, 2.45) is 0 Å². The Balaban J connectivity index is 1.73. The Morgan fingerprint density at radius 1 is 1.35 bits per heavy atom. The highest BCUT2D eigenvalue weighted by atomic mass is 16.5. The van der Waals surface area contributed by atoms with E-state index in [9.17, 15) is 4.79 Å². The predicted molar refractivity (Wildman–Crippen MR) is 80.7 cm³/mol. The monoisotopic (exact) mass is 276 g/mol. The molecule has 3 N–H and O–H groups in total. The molecule has 110 valence electrons. The van der Waals surface area contributed by atoms with Crippen LogP contribution in [0.4, 0.5) is 5.69 Å². The Kier molecular flexibility index (Phi) is 5.41. The van der Waals surface area contributed by atoms with Crippen LogP contribution in [0.3, 0.4) is 0 Å². The zero-order valence-electron chi connectivity index (χ0n) is 12.2. The minimum Gasteiger partial charge on any atom is -0.398 e. The maximum absolute atomic E-state index is 12.0. The average molecular weight is 276 g/mol. The van der Waals surface area contributed by atoms with Crippen LogP contribution >= 0.6 is 0 Å². The largest absolute Gasteiger partial charge is 0.398 e. The number of carbonyl (C=O) groups excluding carboxylic acids is 1. The molecule has 0 unspecified atom stereocenters. The number of benzene rings is 1.